The minimum absolute atomic E-state index is 0.296. The second kappa shape index (κ2) is 4.89. The van der Waals surface area contributed by atoms with Crippen LogP contribution in [-0.4, -0.2) is 40.0 Å². The number of imidazole rings is 1. The van der Waals surface area contributed by atoms with Gasteiger partial charge in [-0.3, -0.25) is 9.30 Å². The van der Waals surface area contributed by atoms with Gasteiger partial charge in [-0.2, -0.15) is 0 Å². The highest BCUT2D eigenvalue weighted by Crippen LogP contribution is 2.26. The van der Waals surface area contributed by atoms with E-state index in [0.29, 0.717) is 11.5 Å². The smallest absolute Gasteiger partial charge is 0.193 e. The molecule has 0 spiro atoms. The molecule has 2 aromatic heterocycles. The molecule has 1 N–H and O–H groups in total. The summed E-state index contributed by atoms with van der Waals surface area (Å²) in [5.41, 5.74) is 1.48. The molecule has 0 aliphatic carbocycles. The summed E-state index contributed by atoms with van der Waals surface area (Å²) in [6.45, 7) is 11.2. The Morgan fingerprint density at radius 2 is 2.32 bits per heavy atom. The Morgan fingerprint density at radius 1 is 1.47 bits per heavy atom. The molecule has 1 atom stereocenters. The van der Waals surface area contributed by atoms with Crippen LogP contribution >= 0.6 is 11.3 Å². The van der Waals surface area contributed by atoms with E-state index in [-0.39, 0.29) is 0 Å². The van der Waals surface area contributed by atoms with Crippen molar-refractivity contribution in [2.45, 2.75) is 33.4 Å². The minimum Gasteiger partial charge on any atom is -0.314 e. The topological polar surface area (TPSA) is 32.6 Å². The molecule has 1 unspecified atom stereocenters. The van der Waals surface area contributed by atoms with Gasteiger partial charge in [0.05, 0.1) is 5.69 Å². The summed E-state index contributed by atoms with van der Waals surface area (Å²) in [7, 11) is 0. The van der Waals surface area contributed by atoms with Crippen LogP contribution in [0, 0.1) is 5.41 Å². The molecule has 1 aliphatic heterocycles. The van der Waals surface area contributed by atoms with Crippen molar-refractivity contribution in [1.82, 2.24) is 19.6 Å². The number of aromatic nitrogens is 2. The van der Waals surface area contributed by atoms with E-state index in [9.17, 15) is 0 Å². The van der Waals surface area contributed by atoms with Crippen molar-refractivity contribution in [1.29, 1.82) is 0 Å². The zero-order valence-corrected chi connectivity index (χ0v) is 12.7. The largest absolute Gasteiger partial charge is 0.314 e. The number of piperazine rings is 1. The fourth-order valence-corrected chi connectivity index (χ4v) is 3.57. The summed E-state index contributed by atoms with van der Waals surface area (Å²) >= 11 is 1.70. The van der Waals surface area contributed by atoms with Gasteiger partial charge in [0.15, 0.2) is 4.96 Å². The first-order chi connectivity index (χ1) is 9.04. The molecule has 1 aliphatic rings. The summed E-state index contributed by atoms with van der Waals surface area (Å²) in [6, 6.07) is 0.570. The molecule has 19 heavy (non-hydrogen) atoms. The number of thiazole rings is 1. The number of rotatable bonds is 2. The molecule has 104 valence electrons. The molecule has 5 heteroatoms. The van der Waals surface area contributed by atoms with E-state index < -0.39 is 0 Å². The van der Waals surface area contributed by atoms with Gasteiger partial charge in [-0.1, -0.05) is 20.8 Å². The van der Waals surface area contributed by atoms with Crippen LogP contribution in [-0.2, 0) is 6.54 Å². The first-order valence-electron chi connectivity index (χ1n) is 6.90. The predicted molar refractivity (Wildman–Crippen MR) is 79.6 cm³/mol. The van der Waals surface area contributed by atoms with Gasteiger partial charge in [0.2, 0.25) is 0 Å². The molecular formula is C14H22N4S. The van der Waals surface area contributed by atoms with Gasteiger partial charge in [-0.15, -0.1) is 11.3 Å². The minimum atomic E-state index is 0.296. The van der Waals surface area contributed by atoms with Gasteiger partial charge in [-0.25, -0.2) is 4.98 Å². The summed E-state index contributed by atoms with van der Waals surface area (Å²) in [5.74, 6) is 0. The molecule has 4 nitrogen and oxygen atoms in total. The molecule has 0 bridgehead atoms. The third-order valence-corrected chi connectivity index (χ3v) is 4.63. The Hall–Kier alpha value is -0.910. The van der Waals surface area contributed by atoms with Crippen molar-refractivity contribution in [3.8, 4) is 0 Å². The van der Waals surface area contributed by atoms with Crippen LogP contribution in [0.5, 0.6) is 0 Å². The van der Waals surface area contributed by atoms with E-state index in [4.69, 9.17) is 4.98 Å². The fourth-order valence-electron chi connectivity index (χ4n) is 2.85. The molecule has 2 aromatic rings. The molecule has 0 amide bonds. The van der Waals surface area contributed by atoms with Gasteiger partial charge in [0, 0.05) is 50.0 Å². The van der Waals surface area contributed by atoms with Crippen molar-refractivity contribution in [2.75, 3.05) is 19.6 Å². The summed E-state index contributed by atoms with van der Waals surface area (Å²) in [6.07, 6.45) is 4.24. The van der Waals surface area contributed by atoms with Crippen molar-refractivity contribution < 1.29 is 0 Å². The van der Waals surface area contributed by atoms with Crippen molar-refractivity contribution in [2.24, 2.45) is 5.41 Å². The average Bonchev–Trinajstić information content (AvgIpc) is 2.88. The maximum absolute atomic E-state index is 4.70. The lowest BCUT2D eigenvalue weighted by Crippen LogP contribution is -2.56. The molecule has 0 saturated carbocycles. The number of fused-ring (bicyclic) bond motifs is 1. The molecule has 0 aromatic carbocycles. The highest BCUT2D eigenvalue weighted by atomic mass is 32.1. The zero-order chi connectivity index (χ0) is 13.5. The van der Waals surface area contributed by atoms with Crippen LogP contribution < -0.4 is 5.32 Å². The lowest BCUT2D eigenvalue weighted by atomic mass is 9.84. The molecule has 3 rings (SSSR count). The van der Waals surface area contributed by atoms with Crippen molar-refractivity contribution in [3.63, 3.8) is 0 Å². The second-order valence-electron chi connectivity index (χ2n) is 6.38. The lowest BCUT2D eigenvalue weighted by molar-refractivity contribution is 0.0680. The van der Waals surface area contributed by atoms with Gasteiger partial charge in [0.1, 0.15) is 0 Å². The fraction of sp³-hybridized carbons (Fsp3) is 0.643. The van der Waals surface area contributed by atoms with E-state index in [1.165, 1.54) is 5.69 Å². The standard InChI is InChI=1S/C14H22N4S/c1-14(2,3)12-8-15-4-5-17(12)9-11-10-18-6-7-19-13(18)16-11/h6-7,10,12,15H,4-5,8-9H2,1-3H3. The average molecular weight is 278 g/mol. The van der Waals surface area contributed by atoms with Crippen LogP contribution in [0.3, 0.4) is 0 Å². The SMILES string of the molecule is CC(C)(C)C1CNCCN1Cc1cn2ccsc2n1. The van der Waals surface area contributed by atoms with Crippen LogP contribution in [0.1, 0.15) is 26.5 Å². The Morgan fingerprint density at radius 3 is 3.05 bits per heavy atom. The van der Waals surface area contributed by atoms with Crippen molar-refractivity contribution in [3.05, 3.63) is 23.5 Å². The molecule has 1 saturated heterocycles. The van der Waals surface area contributed by atoms with E-state index in [2.05, 4.69) is 53.2 Å². The molecule has 3 heterocycles. The van der Waals surface area contributed by atoms with Crippen LogP contribution in [0.2, 0.25) is 0 Å². The quantitative estimate of drug-likeness (QED) is 0.914. The normalized spacial score (nSPS) is 22.2. The maximum Gasteiger partial charge on any atom is 0.193 e. The summed E-state index contributed by atoms with van der Waals surface area (Å²) in [4.78, 5) is 8.37. The van der Waals surface area contributed by atoms with Crippen LogP contribution in [0.4, 0.5) is 0 Å². The highest BCUT2D eigenvalue weighted by molar-refractivity contribution is 7.15. The first-order valence-corrected chi connectivity index (χ1v) is 7.78. The third-order valence-electron chi connectivity index (χ3n) is 3.86. The summed E-state index contributed by atoms with van der Waals surface area (Å²) < 4.78 is 2.12. The van der Waals surface area contributed by atoms with Crippen LogP contribution in [0.15, 0.2) is 17.8 Å². The summed E-state index contributed by atoms with van der Waals surface area (Å²) in [5, 5.41) is 5.59. The molecule has 0 radical (unpaired) electrons. The monoisotopic (exact) mass is 278 g/mol. The van der Waals surface area contributed by atoms with Gasteiger partial charge in [0.25, 0.3) is 0 Å². The maximum atomic E-state index is 4.70. The van der Waals surface area contributed by atoms with Crippen molar-refractivity contribution >= 4 is 16.3 Å². The van der Waals surface area contributed by atoms with E-state index in [0.717, 1.165) is 31.1 Å². The zero-order valence-electron chi connectivity index (χ0n) is 11.9. The molecule has 1 fully saturated rings. The van der Waals surface area contributed by atoms with Crippen LogP contribution in [0.25, 0.3) is 4.96 Å². The lowest BCUT2D eigenvalue weighted by Gasteiger charge is -2.43. The number of nitrogens with zero attached hydrogens (tertiary/aromatic N) is 3. The number of nitrogens with one attached hydrogen (secondary N) is 1. The second-order valence-corrected chi connectivity index (χ2v) is 7.25. The van der Waals surface area contributed by atoms with Gasteiger partial charge >= 0.3 is 0 Å². The Bertz CT molecular complexity index is 523. The van der Waals surface area contributed by atoms with E-state index in [1.807, 2.05) is 0 Å². The number of hydrogen-bond donors (Lipinski definition) is 1. The van der Waals surface area contributed by atoms with Gasteiger partial charge in [-0.05, 0) is 5.41 Å². The Balaban J connectivity index is 1.78. The third kappa shape index (κ3) is 2.68. The Labute approximate surface area is 118 Å². The van der Waals surface area contributed by atoms with Gasteiger partial charge < -0.3 is 5.32 Å². The predicted octanol–water partition coefficient (Wildman–Crippen LogP) is 2.22. The molecular weight excluding hydrogens is 256 g/mol. The number of hydrogen-bond acceptors (Lipinski definition) is 4. The highest BCUT2D eigenvalue weighted by Gasteiger charge is 2.32. The Kier molecular flexibility index (Phi) is 3.37. The van der Waals surface area contributed by atoms with E-state index in [1.54, 1.807) is 11.3 Å². The first kappa shape index (κ1) is 13.1. The van der Waals surface area contributed by atoms with E-state index >= 15 is 0 Å².